The second kappa shape index (κ2) is 7.79. The lowest BCUT2D eigenvalue weighted by Gasteiger charge is -2.11. The lowest BCUT2D eigenvalue weighted by molar-refractivity contribution is 0.0978. The molecular weight excluding hydrogens is 456 g/mol. The number of furan rings is 1. The van der Waals surface area contributed by atoms with E-state index < -0.39 is 41.5 Å². The van der Waals surface area contributed by atoms with Crippen LogP contribution in [0.15, 0.2) is 87.0 Å². The zero-order valence-electron chi connectivity index (χ0n) is 16.2. The molecule has 0 saturated heterocycles. The van der Waals surface area contributed by atoms with Crippen LogP contribution < -0.4 is 9.86 Å². The Hall–Kier alpha value is -3.67. The summed E-state index contributed by atoms with van der Waals surface area (Å²) in [6.45, 7) is 0. The fourth-order valence-corrected chi connectivity index (χ4v) is 5.49. The highest BCUT2D eigenvalue weighted by atomic mass is 32.2. The molecule has 0 saturated carbocycles. The van der Waals surface area contributed by atoms with Gasteiger partial charge in [-0.15, -0.1) is 0 Å². The Bertz CT molecular complexity index is 1540. The Morgan fingerprint density at radius 2 is 1.53 bits per heavy atom. The van der Waals surface area contributed by atoms with Crippen molar-refractivity contribution >= 4 is 36.9 Å². The molecule has 4 N–H and O–H groups in total. The van der Waals surface area contributed by atoms with Crippen LogP contribution in [0.4, 0.5) is 0 Å². The van der Waals surface area contributed by atoms with Gasteiger partial charge in [-0.3, -0.25) is 4.79 Å². The van der Waals surface area contributed by atoms with Gasteiger partial charge in [-0.1, -0.05) is 36.4 Å². The fraction of sp³-hybridized carbons (Fsp3) is 0. The average Bonchev–Trinajstić information content (AvgIpc) is 3.17. The number of carbonyl (C=O) groups is 1. The number of nitrogens with one attached hydrogen (secondary N) is 1. The Balaban J connectivity index is 1.64. The molecule has 32 heavy (non-hydrogen) atoms. The number of hydrogen-bond donors (Lipinski definition) is 3. The molecule has 0 aliphatic rings. The van der Waals surface area contributed by atoms with Crippen LogP contribution in [-0.4, -0.2) is 27.8 Å². The number of para-hydroxylation sites is 1. The van der Waals surface area contributed by atoms with Crippen molar-refractivity contribution in [3.8, 4) is 17.1 Å². The lowest BCUT2D eigenvalue weighted by atomic mass is 10.1. The third-order valence-electron chi connectivity index (χ3n) is 4.62. The average molecular weight is 473 g/mol. The summed E-state index contributed by atoms with van der Waals surface area (Å²) in [5, 5.41) is 16.3. The van der Waals surface area contributed by atoms with Crippen LogP contribution in [0, 0.1) is 0 Å². The van der Waals surface area contributed by atoms with E-state index in [9.17, 15) is 26.7 Å². The van der Waals surface area contributed by atoms with Gasteiger partial charge >= 0.3 is 0 Å². The predicted molar refractivity (Wildman–Crippen MR) is 116 cm³/mol. The van der Waals surface area contributed by atoms with Gasteiger partial charge in [0.05, 0.1) is 5.56 Å². The molecule has 3 aromatic carbocycles. The van der Waals surface area contributed by atoms with E-state index in [1.54, 1.807) is 16.9 Å². The summed E-state index contributed by atoms with van der Waals surface area (Å²) in [5.41, 5.74) is 0.780. The normalized spacial score (nSPS) is 12.0. The molecular formula is C21H16N2O7S2. The quantitative estimate of drug-likeness (QED) is 0.403. The van der Waals surface area contributed by atoms with Crippen molar-refractivity contribution in [1.82, 2.24) is 4.72 Å². The summed E-state index contributed by atoms with van der Waals surface area (Å²) < 4.78 is 56.1. The van der Waals surface area contributed by atoms with Crippen molar-refractivity contribution < 1.29 is 31.2 Å². The van der Waals surface area contributed by atoms with E-state index in [1.807, 2.05) is 18.2 Å². The van der Waals surface area contributed by atoms with Gasteiger partial charge in [-0.25, -0.2) is 26.7 Å². The molecule has 164 valence electrons. The molecule has 11 heteroatoms. The second-order valence-electron chi connectivity index (χ2n) is 6.81. The van der Waals surface area contributed by atoms with Gasteiger partial charge in [0, 0.05) is 10.9 Å². The molecule has 0 spiro atoms. The van der Waals surface area contributed by atoms with Gasteiger partial charge in [0.25, 0.3) is 15.9 Å². The summed E-state index contributed by atoms with van der Waals surface area (Å²) in [4.78, 5) is 11.2. The Morgan fingerprint density at radius 1 is 0.875 bits per heavy atom. The van der Waals surface area contributed by atoms with Crippen molar-refractivity contribution in [3.05, 3.63) is 78.4 Å². The Morgan fingerprint density at radius 3 is 2.19 bits per heavy atom. The van der Waals surface area contributed by atoms with Gasteiger partial charge in [-0.2, -0.15) is 0 Å². The molecule has 0 aliphatic carbocycles. The standard InChI is InChI=1S/C21H16N2O7S2/c22-31(26,27)19-7-3-4-8-20(19)32(28,29)23-21(25)15-10-9-14(11-16(15)24)18-12-13-5-1-2-6-17(13)30-18/h1-12,24H,(H,23,25)(H2,22,26,27). The largest absolute Gasteiger partial charge is 0.507 e. The summed E-state index contributed by atoms with van der Waals surface area (Å²) >= 11 is 0. The van der Waals surface area contributed by atoms with Crippen LogP contribution in [0.5, 0.6) is 5.75 Å². The summed E-state index contributed by atoms with van der Waals surface area (Å²) in [6, 6.07) is 17.6. The highest BCUT2D eigenvalue weighted by Crippen LogP contribution is 2.31. The van der Waals surface area contributed by atoms with Crippen LogP contribution >= 0.6 is 0 Å². The first-order chi connectivity index (χ1) is 15.1. The van der Waals surface area contributed by atoms with E-state index in [4.69, 9.17) is 9.56 Å². The highest BCUT2D eigenvalue weighted by Gasteiger charge is 2.27. The van der Waals surface area contributed by atoms with Crippen molar-refractivity contribution in [2.24, 2.45) is 5.14 Å². The first-order valence-electron chi connectivity index (χ1n) is 9.07. The first kappa shape index (κ1) is 21.6. The third kappa shape index (κ3) is 4.08. The molecule has 0 atom stereocenters. The number of carbonyl (C=O) groups excluding carboxylic acids is 1. The summed E-state index contributed by atoms with van der Waals surface area (Å²) in [5.74, 6) is -1.19. The van der Waals surface area contributed by atoms with Crippen LogP contribution in [0.1, 0.15) is 10.4 Å². The van der Waals surface area contributed by atoms with Gasteiger partial charge < -0.3 is 9.52 Å². The number of aromatic hydroxyl groups is 1. The number of amides is 1. The minimum absolute atomic E-state index is 0.332. The van der Waals surface area contributed by atoms with Crippen LogP contribution in [0.25, 0.3) is 22.3 Å². The minimum Gasteiger partial charge on any atom is -0.507 e. The van der Waals surface area contributed by atoms with Crippen LogP contribution in [0.2, 0.25) is 0 Å². The molecule has 1 amide bonds. The fourth-order valence-electron chi connectivity index (χ4n) is 3.14. The van der Waals surface area contributed by atoms with Gasteiger partial charge in [0.15, 0.2) is 0 Å². The molecule has 0 bridgehead atoms. The van der Waals surface area contributed by atoms with E-state index in [0.29, 0.717) is 16.9 Å². The molecule has 9 nitrogen and oxygen atoms in total. The number of phenolic OH excluding ortho intramolecular Hbond substituents is 1. The number of rotatable bonds is 5. The summed E-state index contributed by atoms with van der Waals surface area (Å²) in [7, 11) is -8.97. The van der Waals surface area contributed by atoms with Crippen molar-refractivity contribution in [1.29, 1.82) is 0 Å². The number of nitrogens with two attached hydrogens (primary N) is 1. The maximum Gasteiger partial charge on any atom is 0.268 e. The van der Waals surface area contributed by atoms with E-state index in [-0.39, 0.29) is 5.56 Å². The predicted octanol–water partition coefficient (Wildman–Crippen LogP) is 2.57. The van der Waals surface area contributed by atoms with E-state index in [2.05, 4.69) is 0 Å². The molecule has 1 heterocycles. The van der Waals surface area contributed by atoms with E-state index >= 15 is 0 Å². The Kier molecular flexibility index (Phi) is 5.25. The molecule has 0 fully saturated rings. The third-order valence-corrected chi connectivity index (χ3v) is 7.11. The number of fused-ring (bicyclic) bond motifs is 1. The zero-order chi connectivity index (χ0) is 23.1. The van der Waals surface area contributed by atoms with Crippen molar-refractivity contribution in [3.63, 3.8) is 0 Å². The SMILES string of the molecule is NS(=O)(=O)c1ccccc1S(=O)(=O)NC(=O)c1ccc(-c2cc3ccccc3o2)cc1O. The topological polar surface area (TPSA) is 157 Å². The number of sulfonamides is 2. The maximum absolute atomic E-state index is 12.6. The molecule has 4 aromatic rings. The van der Waals surface area contributed by atoms with Crippen molar-refractivity contribution in [2.45, 2.75) is 9.79 Å². The van der Waals surface area contributed by atoms with Gasteiger partial charge in [0.1, 0.15) is 26.9 Å². The molecule has 4 rings (SSSR count). The first-order valence-corrected chi connectivity index (χ1v) is 12.1. The smallest absolute Gasteiger partial charge is 0.268 e. The number of benzene rings is 3. The molecule has 0 aliphatic heterocycles. The zero-order valence-corrected chi connectivity index (χ0v) is 17.9. The number of hydrogen-bond acceptors (Lipinski definition) is 7. The van der Waals surface area contributed by atoms with E-state index in [1.165, 1.54) is 30.3 Å². The highest BCUT2D eigenvalue weighted by molar-refractivity contribution is 7.92. The summed E-state index contributed by atoms with van der Waals surface area (Å²) in [6.07, 6.45) is 0. The van der Waals surface area contributed by atoms with Crippen molar-refractivity contribution in [2.75, 3.05) is 0 Å². The van der Waals surface area contributed by atoms with Gasteiger partial charge in [-0.05, 0) is 36.4 Å². The second-order valence-corrected chi connectivity index (χ2v) is 9.99. The van der Waals surface area contributed by atoms with E-state index in [0.717, 1.165) is 17.5 Å². The molecule has 0 unspecified atom stereocenters. The lowest BCUT2D eigenvalue weighted by Crippen LogP contribution is -2.32. The number of primary sulfonamides is 1. The number of phenols is 1. The monoisotopic (exact) mass is 472 g/mol. The van der Waals surface area contributed by atoms with Gasteiger partial charge in [0.2, 0.25) is 10.0 Å². The minimum atomic E-state index is -4.61. The molecule has 0 radical (unpaired) electrons. The maximum atomic E-state index is 12.6. The van der Waals surface area contributed by atoms with Crippen LogP contribution in [-0.2, 0) is 20.0 Å². The molecule has 1 aromatic heterocycles. The van der Waals surface area contributed by atoms with Crippen LogP contribution in [0.3, 0.4) is 0 Å². The Labute approximate surface area is 183 Å².